The van der Waals surface area contributed by atoms with Crippen molar-refractivity contribution < 1.29 is 14.3 Å². The van der Waals surface area contributed by atoms with E-state index in [2.05, 4.69) is 17.4 Å². The van der Waals surface area contributed by atoms with Gasteiger partial charge in [-0.15, -0.1) is 0 Å². The molecule has 0 saturated heterocycles. The van der Waals surface area contributed by atoms with Crippen molar-refractivity contribution in [3.8, 4) is 17.2 Å². The lowest BCUT2D eigenvalue weighted by atomic mass is 10.0. The van der Waals surface area contributed by atoms with E-state index >= 15 is 0 Å². The summed E-state index contributed by atoms with van der Waals surface area (Å²) < 4.78 is 11.8. The molecule has 0 bridgehead atoms. The molecule has 4 heteroatoms. The Morgan fingerprint density at radius 3 is 2.06 bits per heavy atom. The van der Waals surface area contributed by atoms with E-state index in [4.69, 9.17) is 9.47 Å². The van der Waals surface area contributed by atoms with Gasteiger partial charge in [-0.1, -0.05) is 78.9 Å². The summed E-state index contributed by atoms with van der Waals surface area (Å²) in [5, 5.41) is 2.88. The molecule has 1 N–H and O–H groups in total. The molecule has 4 rings (SSSR count). The summed E-state index contributed by atoms with van der Waals surface area (Å²) in [7, 11) is 0. The van der Waals surface area contributed by atoms with E-state index in [1.807, 2.05) is 91.0 Å². The molecule has 31 heavy (non-hydrogen) atoms. The van der Waals surface area contributed by atoms with Crippen LogP contribution in [0.4, 0.5) is 5.69 Å². The molecular formula is C27H23NO3. The highest BCUT2D eigenvalue weighted by Gasteiger charge is 2.11. The number of hydrogen-bond donors (Lipinski definition) is 1. The summed E-state index contributed by atoms with van der Waals surface area (Å²) in [5.74, 6) is 1.73. The summed E-state index contributed by atoms with van der Waals surface area (Å²) in [6.07, 6.45) is 0.742. The zero-order valence-corrected chi connectivity index (χ0v) is 17.0. The van der Waals surface area contributed by atoms with Gasteiger partial charge < -0.3 is 14.8 Å². The fourth-order valence-electron chi connectivity index (χ4n) is 3.21. The Morgan fingerprint density at radius 1 is 0.677 bits per heavy atom. The third-order valence-corrected chi connectivity index (χ3v) is 4.70. The van der Waals surface area contributed by atoms with E-state index < -0.39 is 0 Å². The number of hydrogen-bond acceptors (Lipinski definition) is 3. The molecule has 0 aliphatic carbocycles. The molecule has 0 saturated carbocycles. The number of amides is 1. The van der Waals surface area contributed by atoms with E-state index in [0.717, 1.165) is 12.0 Å². The molecule has 4 aromatic carbocycles. The van der Waals surface area contributed by atoms with Crippen molar-refractivity contribution in [2.75, 3.05) is 11.9 Å². The number of carbonyl (C=O) groups is 1. The van der Waals surface area contributed by atoms with Crippen molar-refractivity contribution >= 4 is 11.6 Å². The largest absolute Gasteiger partial charge is 0.483 e. The van der Waals surface area contributed by atoms with Gasteiger partial charge in [0.05, 0.1) is 5.69 Å². The average Bonchev–Trinajstić information content (AvgIpc) is 2.81. The molecule has 0 unspecified atom stereocenters. The molecule has 4 nitrogen and oxygen atoms in total. The molecule has 1 amide bonds. The second-order valence-corrected chi connectivity index (χ2v) is 7.02. The predicted molar refractivity (Wildman–Crippen MR) is 123 cm³/mol. The Labute approximate surface area is 182 Å². The fourth-order valence-corrected chi connectivity index (χ4v) is 3.21. The number of nitrogens with one attached hydrogen (secondary N) is 1. The highest BCUT2D eigenvalue weighted by atomic mass is 16.5. The first-order valence-corrected chi connectivity index (χ1v) is 10.1. The fraction of sp³-hybridized carbons (Fsp3) is 0.0741. The smallest absolute Gasteiger partial charge is 0.262 e. The SMILES string of the molecule is O=C(COc1ccccc1Cc1ccccc1)Nc1ccccc1Oc1ccccc1. The Hall–Kier alpha value is -4.05. The Kier molecular flexibility index (Phi) is 6.61. The topological polar surface area (TPSA) is 47.6 Å². The van der Waals surface area contributed by atoms with Crippen molar-refractivity contribution in [3.05, 3.63) is 120 Å². The highest BCUT2D eigenvalue weighted by Crippen LogP contribution is 2.29. The molecule has 0 heterocycles. The summed E-state index contributed by atoms with van der Waals surface area (Å²) in [5.41, 5.74) is 2.82. The summed E-state index contributed by atoms with van der Waals surface area (Å²) in [4.78, 5) is 12.6. The first-order chi connectivity index (χ1) is 15.3. The third-order valence-electron chi connectivity index (χ3n) is 4.70. The summed E-state index contributed by atoms with van der Waals surface area (Å²) in [6.45, 7) is -0.0918. The Bertz CT molecular complexity index is 1130. The number of rotatable bonds is 8. The van der Waals surface area contributed by atoms with Crippen LogP contribution in [0.5, 0.6) is 17.2 Å². The number of para-hydroxylation sites is 4. The van der Waals surface area contributed by atoms with Crippen LogP contribution in [-0.4, -0.2) is 12.5 Å². The van der Waals surface area contributed by atoms with Crippen LogP contribution >= 0.6 is 0 Å². The maximum atomic E-state index is 12.6. The first kappa shape index (κ1) is 20.2. The molecule has 0 fully saturated rings. The second kappa shape index (κ2) is 10.1. The van der Waals surface area contributed by atoms with Gasteiger partial charge in [-0.3, -0.25) is 4.79 Å². The van der Waals surface area contributed by atoms with Crippen LogP contribution < -0.4 is 14.8 Å². The second-order valence-electron chi connectivity index (χ2n) is 7.02. The lowest BCUT2D eigenvalue weighted by Crippen LogP contribution is -2.20. The molecule has 0 spiro atoms. The normalized spacial score (nSPS) is 10.3. The molecular weight excluding hydrogens is 386 g/mol. The summed E-state index contributed by atoms with van der Waals surface area (Å²) in [6, 6.07) is 34.8. The van der Waals surface area contributed by atoms with Gasteiger partial charge in [0.1, 0.15) is 11.5 Å². The lowest BCUT2D eigenvalue weighted by Gasteiger charge is -2.14. The van der Waals surface area contributed by atoms with Crippen LogP contribution in [0.25, 0.3) is 0 Å². The van der Waals surface area contributed by atoms with Crippen LogP contribution in [-0.2, 0) is 11.2 Å². The number of benzene rings is 4. The van der Waals surface area contributed by atoms with Crippen LogP contribution in [0, 0.1) is 0 Å². The predicted octanol–water partition coefficient (Wildman–Crippen LogP) is 6.09. The van der Waals surface area contributed by atoms with Gasteiger partial charge in [-0.25, -0.2) is 0 Å². The molecule has 0 radical (unpaired) electrons. The summed E-state index contributed by atoms with van der Waals surface area (Å²) >= 11 is 0. The zero-order valence-electron chi connectivity index (χ0n) is 17.0. The number of ether oxygens (including phenoxy) is 2. The van der Waals surface area contributed by atoms with Crippen LogP contribution in [0.1, 0.15) is 11.1 Å². The van der Waals surface area contributed by atoms with E-state index in [1.165, 1.54) is 5.56 Å². The maximum Gasteiger partial charge on any atom is 0.262 e. The Morgan fingerprint density at radius 2 is 1.29 bits per heavy atom. The van der Waals surface area contributed by atoms with Crippen molar-refractivity contribution in [1.82, 2.24) is 0 Å². The van der Waals surface area contributed by atoms with E-state index in [9.17, 15) is 4.79 Å². The van der Waals surface area contributed by atoms with Gasteiger partial charge in [-0.2, -0.15) is 0 Å². The van der Waals surface area contributed by atoms with Crippen LogP contribution in [0.2, 0.25) is 0 Å². The van der Waals surface area contributed by atoms with Gasteiger partial charge in [0.15, 0.2) is 12.4 Å². The first-order valence-electron chi connectivity index (χ1n) is 10.1. The molecule has 0 aromatic heterocycles. The zero-order chi connectivity index (χ0) is 21.3. The van der Waals surface area contributed by atoms with Gasteiger partial charge in [0.25, 0.3) is 5.91 Å². The highest BCUT2D eigenvalue weighted by molar-refractivity contribution is 5.93. The average molecular weight is 409 g/mol. The van der Waals surface area contributed by atoms with Gasteiger partial charge in [-0.05, 0) is 41.5 Å². The van der Waals surface area contributed by atoms with E-state index in [0.29, 0.717) is 22.9 Å². The molecule has 0 aliphatic heterocycles. The van der Waals surface area contributed by atoms with E-state index in [1.54, 1.807) is 6.07 Å². The minimum atomic E-state index is -0.251. The van der Waals surface area contributed by atoms with Crippen molar-refractivity contribution in [2.24, 2.45) is 0 Å². The van der Waals surface area contributed by atoms with Crippen LogP contribution in [0.3, 0.4) is 0 Å². The maximum absolute atomic E-state index is 12.6. The minimum Gasteiger partial charge on any atom is -0.483 e. The molecule has 4 aromatic rings. The van der Waals surface area contributed by atoms with Crippen molar-refractivity contribution in [2.45, 2.75) is 6.42 Å². The van der Waals surface area contributed by atoms with E-state index in [-0.39, 0.29) is 12.5 Å². The number of anilines is 1. The van der Waals surface area contributed by atoms with Gasteiger partial charge >= 0.3 is 0 Å². The number of carbonyl (C=O) groups excluding carboxylic acids is 1. The minimum absolute atomic E-state index is 0.0918. The molecule has 0 aliphatic rings. The van der Waals surface area contributed by atoms with Gasteiger partial charge in [0, 0.05) is 6.42 Å². The third kappa shape index (κ3) is 5.73. The lowest BCUT2D eigenvalue weighted by molar-refractivity contribution is -0.118. The van der Waals surface area contributed by atoms with Crippen LogP contribution in [0.15, 0.2) is 109 Å². The molecule has 0 atom stereocenters. The molecule has 154 valence electrons. The van der Waals surface area contributed by atoms with Crippen molar-refractivity contribution in [1.29, 1.82) is 0 Å². The monoisotopic (exact) mass is 409 g/mol. The van der Waals surface area contributed by atoms with Gasteiger partial charge in [0.2, 0.25) is 0 Å². The Balaban J connectivity index is 1.40. The quantitative estimate of drug-likeness (QED) is 0.383. The standard InChI is InChI=1S/C27H23NO3/c29-27(28-24-16-8-10-18-26(24)31-23-14-5-2-6-15-23)20-30-25-17-9-7-13-22(25)19-21-11-3-1-4-12-21/h1-18H,19-20H2,(H,28,29). The van der Waals surface area contributed by atoms with Crippen molar-refractivity contribution in [3.63, 3.8) is 0 Å².